The Labute approximate surface area is 282 Å². The van der Waals surface area contributed by atoms with E-state index in [0.29, 0.717) is 61.1 Å². The third-order valence-electron chi connectivity index (χ3n) is 9.17. The molecule has 0 bridgehead atoms. The monoisotopic (exact) mass is 662 g/mol. The molecule has 6 aromatic rings. The number of furan rings is 1. The number of nitrogen functional groups attached to an aromatic ring is 1. The average Bonchev–Trinajstić information content (AvgIpc) is 3.93. The first-order valence-electron chi connectivity index (χ1n) is 16.7. The fourth-order valence-corrected chi connectivity index (χ4v) is 6.56. The Kier molecular flexibility index (Phi) is 8.54. The topological polar surface area (TPSA) is 145 Å². The van der Waals surface area contributed by atoms with Crippen molar-refractivity contribution in [2.24, 2.45) is 0 Å². The quantitative estimate of drug-likeness (QED) is 0.216. The lowest BCUT2D eigenvalue weighted by molar-refractivity contribution is -0.134. The van der Waals surface area contributed by atoms with Crippen LogP contribution in [0.3, 0.4) is 0 Å². The van der Waals surface area contributed by atoms with Crippen LogP contribution in [0, 0.1) is 0 Å². The molecule has 1 atom stereocenters. The second-order valence-electron chi connectivity index (χ2n) is 12.2. The minimum atomic E-state index is -0.744. The van der Waals surface area contributed by atoms with Crippen molar-refractivity contribution >= 4 is 34.2 Å². The van der Waals surface area contributed by atoms with Gasteiger partial charge in [-0.2, -0.15) is 14.6 Å². The van der Waals surface area contributed by atoms with Crippen LogP contribution in [0.2, 0.25) is 0 Å². The van der Waals surface area contributed by atoms with E-state index in [2.05, 4.69) is 42.1 Å². The van der Waals surface area contributed by atoms with Crippen molar-refractivity contribution in [1.29, 1.82) is 0 Å². The summed E-state index contributed by atoms with van der Waals surface area (Å²) in [5.74, 6) is 1.83. The number of rotatable bonds is 10. The lowest BCUT2D eigenvalue weighted by atomic mass is 10.0. The number of ether oxygens (including phenoxy) is 2. The minimum Gasteiger partial charge on any atom is -0.494 e. The van der Waals surface area contributed by atoms with Gasteiger partial charge in [0.25, 0.3) is 5.91 Å². The first-order chi connectivity index (χ1) is 24.1. The van der Waals surface area contributed by atoms with Crippen LogP contribution in [0.4, 0.5) is 11.6 Å². The van der Waals surface area contributed by atoms with Gasteiger partial charge in [-0.05, 0) is 48.4 Å². The van der Waals surface area contributed by atoms with Crippen LogP contribution in [0.5, 0.6) is 5.75 Å². The third-order valence-corrected chi connectivity index (χ3v) is 9.17. The molecule has 0 aliphatic carbocycles. The second kappa shape index (κ2) is 13.6. The summed E-state index contributed by atoms with van der Waals surface area (Å²) < 4.78 is 20.0. The van der Waals surface area contributed by atoms with Gasteiger partial charge in [0.15, 0.2) is 23.1 Å². The number of amides is 1. The van der Waals surface area contributed by atoms with E-state index in [1.54, 1.807) is 29.3 Å². The number of carbonyl (C=O) groups excluding carboxylic acids is 1. The Balaban J connectivity index is 0.965. The van der Waals surface area contributed by atoms with Gasteiger partial charge in [0.2, 0.25) is 11.8 Å². The van der Waals surface area contributed by atoms with Crippen LogP contribution in [0.1, 0.15) is 18.0 Å². The fourth-order valence-electron chi connectivity index (χ4n) is 6.56. The smallest absolute Gasteiger partial charge is 0.252 e. The van der Waals surface area contributed by atoms with Gasteiger partial charge in [0.05, 0.1) is 37.7 Å². The van der Waals surface area contributed by atoms with Gasteiger partial charge in [-0.25, -0.2) is 9.67 Å². The molecular formula is C35H38N10O4. The van der Waals surface area contributed by atoms with E-state index in [0.717, 1.165) is 56.3 Å². The molecule has 4 aromatic heterocycles. The average molecular weight is 663 g/mol. The summed E-state index contributed by atoms with van der Waals surface area (Å²) in [5.41, 5.74) is 9.22. The number of hydrogen-bond donors (Lipinski definition) is 1. The SMILES string of the molecule is Nc1nc2c(cnn2C(C(=O)N2CCN(c3ccc(OCCCN4CCOCC4)cc3)CC2)c2ccccc2)c2nc(-c3ccco3)nn12. The number of nitrogens with two attached hydrogens (primary N) is 1. The molecule has 0 saturated carbocycles. The van der Waals surface area contributed by atoms with E-state index in [1.165, 1.54) is 4.52 Å². The predicted molar refractivity (Wildman–Crippen MR) is 183 cm³/mol. The summed E-state index contributed by atoms with van der Waals surface area (Å²) in [6.07, 6.45) is 4.21. The number of hydrogen-bond acceptors (Lipinski definition) is 11. The zero-order valence-electron chi connectivity index (χ0n) is 27.1. The van der Waals surface area contributed by atoms with Crippen molar-refractivity contribution in [1.82, 2.24) is 39.2 Å². The number of carbonyl (C=O) groups is 1. The van der Waals surface area contributed by atoms with Gasteiger partial charge in [-0.15, -0.1) is 5.10 Å². The molecule has 14 heteroatoms. The molecule has 2 aliphatic heterocycles. The van der Waals surface area contributed by atoms with Gasteiger partial charge >= 0.3 is 0 Å². The number of aromatic nitrogens is 6. The van der Waals surface area contributed by atoms with Gasteiger partial charge in [-0.3, -0.25) is 9.69 Å². The van der Waals surface area contributed by atoms with E-state index in [9.17, 15) is 4.79 Å². The number of anilines is 2. The van der Waals surface area contributed by atoms with Crippen molar-refractivity contribution in [2.45, 2.75) is 12.5 Å². The van der Waals surface area contributed by atoms with Gasteiger partial charge in [0.1, 0.15) is 5.75 Å². The summed E-state index contributed by atoms with van der Waals surface area (Å²) >= 11 is 0. The zero-order valence-corrected chi connectivity index (χ0v) is 27.1. The maximum atomic E-state index is 14.4. The predicted octanol–water partition coefficient (Wildman–Crippen LogP) is 3.36. The molecule has 49 heavy (non-hydrogen) atoms. The molecule has 0 spiro atoms. The molecule has 0 radical (unpaired) electrons. The molecule has 2 aromatic carbocycles. The lowest BCUT2D eigenvalue weighted by Gasteiger charge is -2.37. The first-order valence-corrected chi connectivity index (χ1v) is 16.7. The highest BCUT2D eigenvalue weighted by atomic mass is 16.5. The van der Waals surface area contributed by atoms with Gasteiger partial charge < -0.3 is 29.4 Å². The van der Waals surface area contributed by atoms with Crippen LogP contribution in [0.25, 0.3) is 28.3 Å². The number of nitrogens with zero attached hydrogens (tertiary/aromatic N) is 9. The molecule has 2 N–H and O–H groups in total. The van der Waals surface area contributed by atoms with E-state index in [1.807, 2.05) is 47.4 Å². The van der Waals surface area contributed by atoms with E-state index in [-0.39, 0.29) is 11.9 Å². The Hall–Kier alpha value is -5.47. The summed E-state index contributed by atoms with van der Waals surface area (Å²) in [6, 6.07) is 20.7. The fraction of sp³-hybridized carbons (Fsp3) is 0.343. The van der Waals surface area contributed by atoms with Crippen molar-refractivity contribution in [3.63, 3.8) is 0 Å². The maximum Gasteiger partial charge on any atom is 0.252 e. The normalized spacial score (nSPS) is 16.4. The number of fused-ring (bicyclic) bond motifs is 3. The minimum absolute atomic E-state index is 0.0605. The lowest BCUT2D eigenvalue weighted by Crippen LogP contribution is -2.51. The first kappa shape index (κ1) is 30.8. The maximum absolute atomic E-state index is 14.4. The van der Waals surface area contributed by atoms with Crippen molar-refractivity contribution in [3.8, 4) is 17.3 Å². The molecular weight excluding hydrogens is 624 g/mol. The zero-order chi connectivity index (χ0) is 33.2. The molecule has 6 heterocycles. The highest BCUT2D eigenvalue weighted by molar-refractivity contribution is 5.92. The second-order valence-corrected chi connectivity index (χ2v) is 12.2. The number of benzene rings is 2. The molecule has 8 rings (SSSR count). The molecule has 2 fully saturated rings. The summed E-state index contributed by atoms with van der Waals surface area (Å²) in [6.45, 7) is 7.87. The summed E-state index contributed by atoms with van der Waals surface area (Å²) in [4.78, 5) is 30.3. The number of morpholine rings is 1. The van der Waals surface area contributed by atoms with Crippen molar-refractivity contribution in [3.05, 3.63) is 84.8 Å². The molecule has 2 saturated heterocycles. The number of piperazine rings is 1. The van der Waals surface area contributed by atoms with Crippen LogP contribution in [-0.2, 0) is 9.53 Å². The van der Waals surface area contributed by atoms with E-state index in [4.69, 9.17) is 19.6 Å². The Bertz CT molecular complexity index is 2010. The molecule has 2 aliphatic rings. The molecule has 14 nitrogen and oxygen atoms in total. The molecule has 252 valence electrons. The van der Waals surface area contributed by atoms with Crippen LogP contribution >= 0.6 is 0 Å². The Morgan fingerprint density at radius 2 is 1.69 bits per heavy atom. The molecule has 1 amide bonds. The van der Waals surface area contributed by atoms with Crippen molar-refractivity contribution < 1.29 is 18.7 Å². The summed E-state index contributed by atoms with van der Waals surface area (Å²) in [5, 5.41) is 9.81. The van der Waals surface area contributed by atoms with E-state index < -0.39 is 6.04 Å². The highest BCUT2D eigenvalue weighted by Crippen LogP contribution is 2.29. The Morgan fingerprint density at radius 1 is 0.898 bits per heavy atom. The van der Waals surface area contributed by atoms with Crippen LogP contribution in [-0.4, -0.2) is 111 Å². The van der Waals surface area contributed by atoms with Crippen LogP contribution < -0.4 is 15.4 Å². The van der Waals surface area contributed by atoms with Gasteiger partial charge in [0, 0.05) is 51.5 Å². The standard InChI is InChI=1S/C35H38N10O4/c36-35-39-33-28(32-38-31(40-45(32)35)29-8-4-20-49-29)24-37-44(33)30(25-6-2-1-3-7-25)34(46)43-16-14-42(15-17-43)26-9-11-27(12-10-26)48-21-5-13-41-18-22-47-23-19-41/h1-4,6-12,20,24,30H,5,13-19,21-23H2,(H2,36,39). The highest BCUT2D eigenvalue weighted by Gasteiger charge is 2.33. The third kappa shape index (κ3) is 6.27. The largest absolute Gasteiger partial charge is 0.494 e. The van der Waals surface area contributed by atoms with Crippen LogP contribution in [0.15, 0.2) is 83.6 Å². The summed E-state index contributed by atoms with van der Waals surface area (Å²) in [7, 11) is 0. The van der Waals surface area contributed by atoms with E-state index >= 15 is 0 Å². The Morgan fingerprint density at radius 3 is 2.45 bits per heavy atom. The molecule has 1 unspecified atom stereocenters. The van der Waals surface area contributed by atoms with Gasteiger partial charge in [-0.1, -0.05) is 30.3 Å². The van der Waals surface area contributed by atoms with Crippen molar-refractivity contribution in [2.75, 3.05) is 76.3 Å².